The van der Waals surface area contributed by atoms with Crippen LogP contribution in [0.15, 0.2) is 6.07 Å². The second kappa shape index (κ2) is 5.19. The topological polar surface area (TPSA) is 62.2 Å². The summed E-state index contributed by atoms with van der Waals surface area (Å²) in [6.45, 7) is 0.853. The van der Waals surface area contributed by atoms with Gasteiger partial charge in [0.15, 0.2) is 0 Å². The smallest absolute Gasteiger partial charge is 0.339 e. The highest BCUT2D eigenvalue weighted by Gasteiger charge is 2.21. The summed E-state index contributed by atoms with van der Waals surface area (Å²) in [5.41, 5.74) is 2.53. The fraction of sp³-hybridized carbons (Fsp3) is 0.600. The number of carboxylic acid groups (broad SMARTS) is 1. The number of aromatic nitrogens is 1. The van der Waals surface area contributed by atoms with E-state index in [0.29, 0.717) is 17.3 Å². The number of aryl methyl sites for hydroxylation is 2. The first-order chi connectivity index (χ1) is 9.24. The molecule has 4 heteroatoms. The zero-order valence-corrected chi connectivity index (χ0v) is 11.1. The molecule has 2 aliphatic rings. The van der Waals surface area contributed by atoms with Crippen molar-refractivity contribution < 1.29 is 9.90 Å². The van der Waals surface area contributed by atoms with Gasteiger partial charge in [0.2, 0.25) is 0 Å². The lowest BCUT2D eigenvalue weighted by Crippen LogP contribution is -2.16. The van der Waals surface area contributed by atoms with E-state index in [1.165, 1.54) is 25.7 Å². The molecule has 0 saturated heterocycles. The van der Waals surface area contributed by atoms with Crippen LogP contribution in [0, 0.1) is 5.92 Å². The number of aromatic carboxylic acids is 1. The predicted molar refractivity (Wildman–Crippen MR) is 73.7 cm³/mol. The number of fused-ring (bicyclic) bond motifs is 1. The highest BCUT2D eigenvalue weighted by molar-refractivity contribution is 5.93. The highest BCUT2D eigenvalue weighted by atomic mass is 16.4. The van der Waals surface area contributed by atoms with Crippen molar-refractivity contribution >= 4 is 11.8 Å². The van der Waals surface area contributed by atoms with Crippen molar-refractivity contribution in [3.05, 3.63) is 22.9 Å². The zero-order chi connectivity index (χ0) is 13.2. The van der Waals surface area contributed by atoms with Crippen molar-refractivity contribution in [1.82, 2.24) is 4.98 Å². The molecule has 1 heterocycles. The van der Waals surface area contributed by atoms with Gasteiger partial charge in [-0.2, -0.15) is 0 Å². The van der Waals surface area contributed by atoms with E-state index in [1.807, 2.05) is 6.07 Å². The number of hydrogen-bond acceptors (Lipinski definition) is 3. The Morgan fingerprint density at radius 3 is 2.84 bits per heavy atom. The van der Waals surface area contributed by atoms with E-state index >= 15 is 0 Å². The van der Waals surface area contributed by atoms with E-state index in [1.54, 1.807) is 0 Å². The van der Waals surface area contributed by atoms with E-state index in [-0.39, 0.29) is 0 Å². The molecule has 0 aromatic carbocycles. The number of nitrogens with zero attached hydrogens (tertiary/aromatic N) is 1. The van der Waals surface area contributed by atoms with Crippen LogP contribution in [0.4, 0.5) is 5.82 Å². The number of rotatable bonds is 4. The van der Waals surface area contributed by atoms with E-state index in [4.69, 9.17) is 0 Å². The van der Waals surface area contributed by atoms with Crippen LogP contribution >= 0.6 is 0 Å². The maximum Gasteiger partial charge on any atom is 0.339 e. The second-order valence-electron chi connectivity index (χ2n) is 5.68. The molecule has 1 aromatic heterocycles. The molecule has 0 spiro atoms. The molecule has 19 heavy (non-hydrogen) atoms. The van der Waals surface area contributed by atoms with Gasteiger partial charge in [-0.05, 0) is 49.7 Å². The van der Waals surface area contributed by atoms with Crippen LogP contribution in [-0.4, -0.2) is 22.6 Å². The summed E-state index contributed by atoms with van der Waals surface area (Å²) >= 11 is 0. The average Bonchev–Trinajstić information content (AvgIpc) is 3.05. The fourth-order valence-electron chi connectivity index (χ4n) is 3.23. The highest BCUT2D eigenvalue weighted by Crippen LogP contribution is 2.28. The Kier molecular flexibility index (Phi) is 3.40. The molecule has 0 aliphatic heterocycles. The Morgan fingerprint density at radius 2 is 2.11 bits per heavy atom. The summed E-state index contributed by atoms with van der Waals surface area (Å²) < 4.78 is 0. The Labute approximate surface area is 113 Å². The molecule has 102 valence electrons. The zero-order valence-electron chi connectivity index (χ0n) is 11.1. The third-order valence-electron chi connectivity index (χ3n) is 4.31. The van der Waals surface area contributed by atoms with Crippen LogP contribution in [0.3, 0.4) is 0 Å². The minimum atomic E-state index is -0.879. The van der Waals surface area contributed by atoms with E-state index in [9.17, 15) is 9.90 Å². The van der Waals surface area contributed by atoms with Gasteiger partial charge in [-0.3, -0.25) is 0 Å². The molecule has 0 unspecified atom stereocenters. The number of carbonyl (C=O) groups is 1. The first-order valence-electron chi connectivity index (χ1n) is 7.24. The summed E-state index contributed by atoms with van der Waals surface area (Å²) in [4.78, 5) is 15.9. The predicted octanol–water partition coefficient (Wildman–Crippen LogP) is 2.87. The van der Waals surface area contributed by atoms with Gasteiger partial charge in [-0.1, -0.05) is 12.8 Å². The minimum absolute atomic E-state index is 0.332. The normalized spacial score (nSPS) is 18.5. The number of anilines is 1. The number of carboxylic acids is 1. The van der Waals surface area contributed by atoms with E-state index in [0.717, 1.165) is 37.1 Å². The second-order valence-corrected chi connectivity index (χ2v) is 5.68. The summed E-state index contributed by atoms with van der Waals surface area (Å²) in [6.07, 6.45) is 8.14. The molecule has 3 rings (SSSR count). The average molecular weight is 260 g/mol. The van der Waals surface area contributed by atoms with Gasteiger partial charge in [0.05, 0.1) is 0 Å². The molecule has 1 saturated carbocycles. The molecule has 0 bridgehead atoms. The van der Waals surface area contributed by atoms with E-state index in [2.05, 4.69) is 10.3 Å². The number of nitrogens with one attached hydrogen (secondary N) is 1. The van der Waals surface area contributed by atoms with E-state index < -0.39 is 5.97 Å². The molecule has 4 nitrogen and oxygen atoms in total. The maximum atomic E-state index is 11.3. The Morgan fingerprint density at radius 1 is 1.32 bits per heavy atom. The van der Waals surface area contributed by atoms with Gasteiger partial charge in [-0.25, -0.2) is 9.78 Å². The van der Waals surface area contributed by atoms with Crippen molar-refractivity contribution in [3.63, 3.8) is 0 Å². The number of hydrogen-bond donors (Lipinski definition) is 2. The van der Waals surface area contributed by atoms with Gasteiger partial charge in [0.25, 0.3) is 0 Å². The van der Waals surface area contributed by atoms with Crippen LogP contribution in [0.25, 0.3) is 0 Å². The van der Waals surface area contributed by atoms with Crippen LogP contribution in [0.2, 0.25) is 0 Å². The van der Waals surface area contributed by atoms with Gasteiger partial charge in [0.1, 0.15) is 11.4 Å². The summed E-state index contributed by atoms with van der Waals surface area (Å²) in [5, 5.41) is 12.6. The standard InChI is InChI=1S/C15H20N2O2/c18-15(19)12-8-11-6-3-7-13(11)17-14(12)16-9-10-4-1-2-5-10/h8,10H,1-7,9H2,(H,16,17)(H,18,19). The maximum absolute atomic E-state index is 11.3. The van der Waals surface area contributed by atoms with Crippen LogP contribution < -0.4 is 5.32 Å². The Hall–Kier alpha value is -1.58. The number of pyridine rings is 1. The van der Waals surface area contributed by atoms with Crippen LogP contribution in [0.1, 0.15) is 53.7 Å². The Bertz CT molecular complexity index is 493. The van der Waals surface area contributed by atoms with Gasteiger partial charge in [-0.15, -0.1) is 0 Å². The summed E-state index contributed by atoms with van der Waals surface area (Å²) in [7, 11) is 0. The van der Waals surface area contributed by atoms with Crippen molar-refractivity contribution in [2.24, 2.45) is 5.92 Å². The lowest BCUT2D eigenvalue weighted by atomic mass is 10.1. The molecule has 0 radical (unpaired) electrons. The third-order valence-corrected chi connectivity index (χ3v) is 4.31. The fourth-order valence-corrected chi connectivity index (χ4v) is 3.23. The summed E-state index contributed by atoms with van der Waals surface area (Å²) in [5.74, 6) is 0.368. The lowest BCUT2D eigenvalue weighted by molar-refractivity contribution is 0.0697. The quantitative estimate of drug-likeness (QED) is 0.873. The third kappa shape index (κ3) is 2.57. The largest absolute Gasteiger partial charge is 0.478 e. The minimum Gasteiger partial charge on any atom is -0.478 e. The molecule has 1 aromatic rings. The first-order valence-corrected chi connectivity index (χ1v) is 7.24. The Balaban J connectivity index is 1.80. The molecule has 1 fully saturated rings. The molecular weight excluding hydrogens is 240 g/mol. The van der Waals surface area contributed by atoms with Crippen LogP contribution in [0.5, 0.6) is 0 Å². The van der Waals surface area contributed by atoms with Crippen molar-refractivity contribution in [3.8, 4) is 0 Å². The molecule has 2 N–H and O–H groups in total. The monoisotopic (exact) mass is 260 g/mol. The van der Waals surface area contributed by atoms with Crippen LogP contribution in [-0.2, 0) is 12.8 Å². The van der Waals surface area contributed by atoms with Crippen molar-refractivity contribution in [2.45, 2.75) is 44.9 Å². The molecular formula is C15H20N2O2. The van der Waals surface area contributed by atoms with Gasteiger partial charge in [0, 0.05) is 12.2 Å². The van der Waals surface area contributed by atoms with Crippen molar-refractivity contribution in [2.75, 3.05) is 11.9 Å². The van der Waals surface area contributed by atoms with Crippen molar-refractivity contribution in [1.29, 1.82) is 0 Å². The SMILES string of the molecule is O=C(O)c1cc2c(nc1NCC1CCCC1)CCC2. The molecule has 0 amide bonds. The summed E-state index contributed by atoms with van der Waals surface area (Å²) in [6, 6.07) is 1.81. The molecule has 2 aliphatic carbocycles. The molecule has 0 atom stereocenters. The lowest BCUT2D eigenvalue weighted by Gasteiger charge is -2.14. The first kappa shape index (κ1) is 12.5. The van der Waals surface area contributed by atoms with Gasteiger partial charge >= 0.3 is 5.97 Å². The van der Waals surface area contributed by atoms with Gasteiger partial charge < -0.3 is 10.4 Å².